The van der Waals surface area contributed by atoms with Gasteiger partial charge in [-0.05, 0) is 61.1 Å². The molecule has 176 valence electrons. The Morgan fingerprint density at radius 3 is 2.58 bits per heavy atom. The molecule has 0 atom stereocenters. The number of methoxy groups -OCH3 is 1. The van der Waals surface area contributed by atoms with Gasteiger partial charge in [0, 0.05) is 24.5 Å². The third-order valence-electron chi connectivity index (χ3n) is 6.45. The summed E-state index contributed by atoms with van der Waals surface area (Å²) in [6, 6.07) is 16.5. The van der Waals surface area contributed by atoms with E-state index >= 15 is 0 Å². The second-order valence-electron chi connectivity index (χ2n) is 8.54. The van der Waals surface area contributed by atoms with Crippen LogP contribution in [0.4, 0.5) is 0 Å². The van der Waals surface area contributed by atoms with Gasteiger partial charge in [0.15, 0.2) is 0 Å². The largest absolute Gasteiger partial charge is 0.497 e. The summed E-state index contributed by atoms with van der Waals surface area (Å²) in [6.45, 7) is 1.04. The lowest BCUT2D eigenvalue weighted by Gasteiger charge is -2.41. The Balaban J connectivity index is 1.39. The lowest BCUT2D eigenvalue weighted by molar-refractivity contribution is 0.245. The number of ether oxygens (including phenoxy) is 1. The summed E-state index contributed by atoms with van der Waals surface area (Å²) in [5, 5.41) is 13.0. The molecule has 1 aromatic heterocycles. The van der Waals surface area contributed by atoms with E-state index in [0.717, 1.165) is 49.2 Å². The molecule has 0 bridgehead atoms. The van der Waals surface area contributed by atoms with E-state index in [0.29, 0.717) is 6.04 Å². The third kappa shape index (κ3) is 5.97. The molecule has 1 heterocycles. The predicted octanol–water partition coefficient (Wildman–Crippen LogP) is 2.04. The van der Waals surface area contributed by atoms with Crippen LogP contribution in [0.1, 0.15) is 36.8 Å². The van der Waals surface area contributed by atoms with E-state index in [9.17, 15) is 8.42 Å². The van der Waals surface area contributed by atoms with E-state index in [4.69, 9.17) is 9.88 Å². The minimum Gasteiger partial charge on any atom is -0.497 e. The van der Waals surface area contributed by atoms with Crippen LogP contribution in [0.2, 0.25) is 0 Å². The smallest absolute Gasteiger partial charge is 0.274 e. The number of nitrogens with two attached hydrogens (primary N) is 1. The highest BCUT2D eigenvalue weighted by molar-refractivity contribution is 7.87. The molecule has 0 aliphatic heterocycles. The fraction of sp³-hybridized carbons (Fsp3) is 0.391. The molecule has 33 heavy (non-hydrogen) atoms. The van der Waals surface area contributed by atoms with Crippen LogP contribution in [0.25, 0.3) is 5.69 Å². The highest BCUT2D eigenvalue weighted by Gasteiger charge is 2.37. The van der Waals surface area contributed by atoms with Gasteiger partial charge in [0.1, 0.15) is 18.4 Å². The summed E-state index contributed by atoms with van der Waals surface area (Å²) >= 11 is 0. The monoisotopic (exact) mass is 470 g/mol. The van der Waals surface area contributed by atoms with Gasteiger partial charge in [0.05, 0.1) is 12.8 Å². The first-order valence-electron chi connectivity index (χ1n) is 11.0. The second-order valence-corrected chi connectivity index (χ2v) is 9.92. The third-order valence-corrected chi connectivity index (χ3v) is 7.00. The van der Waals surface area contributed by atoms with Crippen LogP contribution in [0, 0.1) is 0 Å². The maximum atomic E-state index is 11.6. The van der Waals surface area contributed by atoms with E-state index < -0.39 is 10.2 Å². The van der Waals surface area contributed by atoms with Crippen molar-refractivity contribution in [3.63, 3.8) is 0 Å². The number of hydrogen-bond acceptors (Lipinski definition) is 6. The molecular formula is C23H30N6O3S. The SMILES string of the molecule is COc1cccc([C@]2(CNS(N)(=O)=O)CC[C@@H](NCc3ccc(-n4cncn4)cc3)CC2)c1. The average Bonchev–Trinajstić information content (AvgIpc) is 3.37. The molecule has 1 aliphatic carbocycles. The summed E-state index contributed by atoms with van der Waals surface area (Å²) in [4.78, 5) is 3.98. The molecule has 0 amide bonds. The van der Waals surface area contributed by atoms with Gasteiger partial charge in [-0.1, -0.05) is 24.3 Å². The Morgan fingerprint density at radius 2 is 1.94 bits per heavy atom. The number of rotatable bonds is 9. The summed E-state index contributed by atoms with van der Waals surface area (Å²) < 4.78 is 32.9. The van der Waals surface area contributed by atoms with Gasteiger partial charge < -0.3 is 10.1 Å². The van der Waals surface area contributed by atoms with Crippen molar-refractivity contribution in [1.82, 2.24) is 24.8 Å². The molecule has 0 radical (unpaired) electrons. The minimum atomic E-state index is -3.77. The van der Waals surface area contributed by atoms with Crippen LogP contribution in [-0.2, 0) is 22.2 Å². The maximum Gasteiger partial charge on any atom is 0.274 e. The Labute approximate surface area is 194 Å². The van der Waals surface area contributed by atoms with E-state index in [1.54, 1.807) is 18.1 Å². The maximum absolute atomic E-state index is 11.6. The van der Waals surface area contributed by atoms with E-state index in [-0.39, 0.29) is 12.0 Å². The first-order chi connectivity index (χ1) is 15.9. The van der Waals surface area contributed by atoms with E-state index in [1.807, 2.05) is 36.4 Å². The zero-order valence-corrected chi connectivity index (χ0v) is 19.5. The first kappa shape index (κ1) is 23.4. The molecule has 3 aromatic rings. The Kier molecular flexibility index (Phi) is 7.08. The topological polar surface area (TPSA) is 124 Å². The summed E-state index contributed by atoms with van der Waals surface area (Å²) in [5.74, 6) is 0.761. The fourth-order valence-corrected chi connectivity index (χ4v) is 4.98. The normalized spacial score (nSPS) is 21.1. The van der Waals surface area contributed by atoms with Gasteiger partial charge in [-0.15, -0.1) is 0 Å². The second kappa shape index (κ2) is 10.0. The van der Waals surface area contributed by atoms with Crippen molar-refractivity contribution in [1.29, 1.82) is 0 Å². The summed E-state index contributed by atoms with van der Waals surface area (Å²) in [7, 11) is -2.14. The number of benzene rings is 2. The molecular weight excluding hydrogens is 440 g/mol. The van der Waals surface area contributed by atoms with Gasteiger partial charge in [-0.3, -0.25) is 0 Å². The summed E-state index contributed by atoms with van der Waals surface area (Å²) in [6.07, 6.45) is 6.73. The highest BCUT2D eigenvalue weighted by atomic mass is 32.2. The highest BCUT2D eigenvalue weighted by Crippen LogP contribution is 2.40. The molecule has 0 spiro atoms. The molecule has 1 fully saturated rings. The number of hydrogen-bond donors (Lipinski definition) is 3. The summed E-state index contributed by atoms with van der Waals surface area (Å²) in [5.41, 5.74) is 2.91. The van der Waals surface area contributed by atoms with Crippen molar-refractivity contribution in [3.05, 3.63) is 72.3 Å². The zero-order valence-electron chi connectivity index (χ0n) is 18.6. The minimum absolute atomic E-state index is 0.273. The van der Waals surface area contributed by atoms with Crippen LogP contribution in [-0.4, -0.2) is 42.9 Å². The lowest BCUT2D eigenvalue weighted by Crippen LogP contribution is -2.47. The quantitative estimate of drug-likeness (QED) is 0.440. The molecule has 10 heteroatoms. The first-order valence-corrected chi connectivity index (χ1v) is 12.5. The Morgan fingerprint density at radius 1 is 1.18 bits per heavy atom. The molecule has 9 nitrogen and oxygen atoms in total. The van der Waals surface area contributed by atoms with Crippen molar-refractivity contribution in [2.75, 3.05) is 13.7 Å². The number of nitrogens with one attached hydrogen (secondary N) is 2. The Hall–Kier alpha value is -2.79. The standard InChI is InChI=1S/C23H30N6O3S/c1-32-22-4-2-3-19(13-22)23(15-28-33(24,30)31)11-9-20(10-12-23)26-14-18-5-7-21(8-6-18)29-17-25-16-27-29/h2-8,13,16-17,20,26,28H,9-12,14-15H2,1H3,(H2,24,30,31)/t20-,23-. The number of nitrogens with zero attached hydrogens (tertiary/aromatic N) is 3. The van der Waals surface area contributed by atoms with Crippen LogP contribution >= 0.6 is 0 Å². The van der Waals surface area contributed by atoms with Crippen molar-refractivity contribution in [2.24, 2.45) is 5.14 Å². The molecule has 0 unspecified atom stereocenters. The fourth-order valence-electron chi connectivity index (χ4n) is 4.50. The molecule has 0 saturated heterocycles. The van der Waals surface area contributed by atoms with Crippen LogP contribution in [0.15, 0.2) is 61.2 Å². The molecule has 1 saturated carbocycles. The van der Waals surface area contributed by atoms with Crippen molar-refractivity contribution in [3.8, 4) is 11.4 Å². The number of aromatic nitrogens is 3. The zero-order chi connectivity index (χ0) is 23.3. The molecule has 1 aliphatic rings. The van der Waals surface area contributed by atoms with Crippen molar-refractivity contribution < 1.29 is 13.2 Å². The van der Waals surface area contributed by atoms with Gasteiger partial charge in [-0.2, -0.15) is 13.5 Å². The average molecular weight is 471 g/mol. The van der Waals surface area contributed by atoms with E-state index in [2.05, 4.69) is 32.3 Å². The van der Waals surface area contributed by atoms with Crippen molar-refractivity contribution >= 4 is 10.2 Å². The van der Waals surface area contributed by atoms with Gasteiger partial charge in [0.25, 0.3) is 10.2 Å². The van der Waals surface area contributed by atoms with Crippen molar-refractivity contribution in [2.45, 2.75) is 43.7 Å². The van der Waals surface area contributed by atoms with Crippen LogP contribution in [0.3, 0.4) is 0 Å². The van der Waals surface area contributed by atoms with Gasteiger partial charge in [-0.25, -0.2) is 19.5 Å². The molecule has 2 aromatic carbocycles. The van der Waals surface area contributed by atoms with Crippen LogP contribution in [0.5, 0.6) is 5.75 Å². The molecule has 4 N–H and O–H groups in total. The van der Waals surface area contributed by atoms with Gasteiger partial charge in [0.2, 0.25) is 0 Å². The van der Waals surface area contributed by atoms with Gasteiger partial charge >= 0.3 is 0 Å². The van der Waals surface area contributed by atoms with E-state index in [1.165, 1.54) is 11.9 Å². The van der Waals surface area contributed by atoms with Crippen LogP contribution < -0.4 is 19.9 Å². The Bertz CT molecular complexity index is 1140. The molecule has 4 rings (SSSR count). The predicted molar refractivity (Wildman–Crippen MR) is 126 cm³/mol. The lowest BCUT2D eigenvalue weighted by atomic mass is 9.68.